The molecule has 192 valence electrons. The van der Waals surface area contributed by atoms with Crippen molar-refractivity contribution in [3.05, 3.63) is 82.9 Å². The topological polar surface area (TPSA) is 106 Å². The van der Waals surface area contributed by atoms with Gasteiger partial charge in [-0.2, -0.15) is 0 Å². The lowest BCUT2D eigenvalue weighted by molar-refractivity contribution is -0.132. The molecule has 0 saturated carbocycles. The number of Topliss-reactive ketones (excluding diaryl/α,β-unsaturated/α-hetero) is 1. The molecule has 3 aromatic rings. The minimum atomic E-state index is -1.05. The maximum Gasteiger partial charge on any atom is 0.300 e. The lowest BCUT2D eigenvalue weighted by atomic mass is 9.94. The zero-order valence-electron chi connectivity index (χ0n) is 21.1. The third kappa shape index (κ3) is 4.82. The maximum atomic E-state index is 13.5. The second-order valence-corrected chi connectivity index (χ2v) is 8.47. The first kappa shape index (κ1) is 25.6. The van der Waals surface area contributed by atoms with E-state index in [4.69, 9.17) is 14.2 Å². The van der Waals surface area contributed by atoms with E-state index in [1.54, 1.807) is 54.6 Å². The fourth-order valence-electron chi connectivity index (χ4n) is 4.41. The predicted octanol–water partition coefficient (Wildman–Crippen LogP) is 5.13. The SMILES string of the molecule is CCOc1cccc(/C(O)=C2/C(=O)C(=O)N(c3cc(C)ccc3O)C2c2ccc(OC)c(OCC)c2)c1. The van der Waals surface area contributed by atoms with Crippen LogP contribution in [-0.2, 0) is 9.59 Å². The molecule has 8 heteroatoms. The Morgan fingerprint density at radius 2 is 1.70 bits per heavy atom. The van der Waals surface area contributed by atoms with Crippen LogP contribution in [0.3, 0.4) is 0 Å². The molecule has 0 aromatic heterocycles. The molecule has 1 unspecified atom stereocenters. The first-order valence-corrected chi connectivity index (χ1v) is 11.9. The highest BCUT2D eigenvalue weighted by molar-refractivity contribution is 6.52. The van der Waals surface area contributed by atoms with Crippen LogP contribution in [0.4, 0.5) is 5.69 Å². The Labute approximate surface area is 215 Å². The van der Waals surface area contributed by atoms with E-state index in [2.05, 4.69) is 0 Å². The van der Waals surface area contributed by atoms with E-state index in [9.17, 15) is 19.8 Å². The normalized spacial score (nSPS) is 16.6. The van der Waals surface area contributed by atoms with E-state index >= 15 is 0 Å². The van der Waals surface area contributed by atoms with Crippen LogP contribution in [0.2, 0.25) is 0 Å². The Hall–Kier alpha value is -4.46. The van der Waals surface area contributed by atoms with E-state index in [-0.39, 0.29) is 22.8 Å². The van der Waals surface area contributed by atoms with Gasteiger partial charge >= 0.3 is 0 Å². The number of methoxy groups -OCH3 is 1. The quantitative estimate of drug-likeness (QED) is 0.249. The first-order valence-electron chi connectivity index (χ1n) is 11.9. The standard InChI is InChI=1S/C29H29NO7/c1-5-36-20-9-7-8-19(15-20)27(32)25-26(18-11-13-23(35-4)24(16-18)37-6-2)30(29(34)28(25)33)21-14-17(3)10-12-22(21)31/h7-16,26,31-32H,5-6H2,1-4H3/b27-25-. The third-order valence-corrected chi connectivity index (χ3v) is 6.06. The average Bonchev–Trinajstić information content (AvgIpc) is 3.15. The van der Waals surface area contributed by atoms with Crippen molar-refractivity contribution in [3.63, 3.8) is 0 Å². The van der Waals surface area contributed by atoms with Crippen molar-refractivity contribution in [2.45, 2.75) is 26.8 Å². The van der Waals surface area contributed by atoms with Gasteiger partial charge in [-0.1, -0.05) is 24.3 Å². The van der Waals surface area contributed by atoms with Gasteiger partial charge in [-0.25, -0.2) is 0 Å². The summed E-state index contributed by atoms with van der Waals surface area (Å²) in [5.41, 5.74) is 1.63. The number of benzene rings is 3. The second-order valence-electron chi connectivity index (χ2n) is 8.47. The number of aliphatic hydroxyl groups is 1. The second kappa shape index (κ2) is 10.7. The number of hydrogen-bond donors (Lipinski definition) is 2. The highest BCUT2D eigenvalue weighted by Crippen LogP contribution is 2.46. The molecule has 0 aliphatic carbocycles. The Bertz CT molecular complexity index is 1380. The van der Waals surface area contributed by atoms with Gasteiger partial charge in [-0.05, 0) is 68.3 Å². The van der Waals surface area contributed by atoms with E-state index < -0.39 is 17.7 Å². The number of ether oxygens (including phenoxy) is 3. The number of amides is 1. The smallest absolute Gasteiger partial charge is 0.300 e. The lowest BCUT2D eigenvalue weighted by Crippen LogP contribution is -2.29. The molecule has 0 spiro atoms. The largest absolute Gasteiger partial charge is 0.507 e. The highest BCUT2D eigenvalue weighted by Gasteiger charge is 2.48. The third-order valence-electron chi connectivity index (χ3n) is 6.06. The van der Waals surface area contributed by atoms with Gasteiger partial charge in [0, 0.05) is 5.56 Å². The summed E-state index contributed by atoms with van der Waals surface area (Å²) in [6, 6.07) is 15.4. The Morgan fingerprint density at radius 3 is 2.41 bits per heavy atom. The zero-order valence-corrected chi connectivity index (χ0v) is 21.1. The van der Waals surface area contributed by atoms with Crippen molar-refractivity contribution in [2.24, 2.45) is 0 Å². The van der Waals surface area contributed by atoms with Crippen molar-refractivity contribution >= 4 is 23.1 Å². The molecule has 1 aliphatic heterocycles. The average molecular weight is 504 g/mol. The summed E-state index contributed by atoms with van der Waals surface area (Å²) in [7, 11) is 1.51. The Morgan fingerprint density at radius 1 is 0.946 bits per heavy atom. The minimum Gasteiger partial charge on any atom is -0.507 e. The number of aliphatic hydroxyl groups excluding tert-OH is 1. The molecule has 1 saturated heterocycles. The summed E-state index contributed by atoms with van der Waals surface area (Å²) in [6.45, 7) is 6.27. The number of anilines is 1. The van der Waals surface area contributed by atoms with Crippen molar-refractivity contribution in [1.29, 1.82) is 0 Å². The van der Waals surface area contributed by atoms with Crippen molar-refractivity contribution < 1.29 is 34.0 Å². The number of nitrogens with zero attached hydrogens (tertiary/aromatic N) is 1. The van der Waals surface area contributed by atoms with Crippen LogP contribution < -0.4 is 19.1 Å². The summed E-state index contributed by atoms with van der Waals surface area (Å²) in [5, 5.41) is 22.1. The van der Waals surface area contributed by atoms with Crippen LogP contribution in [-0.4, -0.2) is 42.2 Å². The number of phenolic OH excluding ortho intramolecular Hbond substituents is 1. The summed E-state index contributed by atoms with van der Waals surface area (Å²) in [4.78, 5) is 28.1. The first-order chi connectivity index (χ1) is 17.8. The summed E-state index contributed by atoms with van der Waals surface area (Å²) in [6.07, 6.45) is 0. The minimum absolute atomic E-state index is 0.118. The molecule has 1 fully saturated rings. The molecule has 1 atom stereocenters. The zero-order chi connectivity index (χ0) is 26.7. The van der Waals surface area contributed by atoms with Gasteiger partial charge in [0.1, 0.15) is 17.3 Å². The molecule has 0 bridgehead atoms. The number of aromatic hydroxyl groups is 1. The van der Waals surface area contributed by atoms with Crippen molar-refractivity contribution in [2.75, 3.05) is 25.2 Å². The predicted molar refractivity (Wildman–Crippen MR) is 139 cm³/mol. The molecule has 0 radical (unpaired) electrons. The van der Waals surface area contributed by atoms with Gasteiger partial charge in [0.25, 0.3) is 11.7 Å². The van der Waals surface area contributed by atoms with E-state index in [1.165, 1.54) is 18.1 Å². The number of hydrogen-bond acceptors (Lipinski definition) is 7. The fourth-order valence-corrected chi connectivity index (χ4v) is 4.41. The lowest BCUT2D eigenvalue weighted by Gasteiger charge is -2.27. The molecule has 3 aromatic carbocycles. The van der Waals surface area contributed by atoms with Gasteiger partial charge in [0.15, 0.2) is 11.5 Å². The van der Waals surface area contributed by atoms with E-state index in [0.717, 1.165) is 5.56 Å². The van der Waals surface area contributed by atoms with Crippen LogP contribution in [0.25, 0.3) is 5.76 Å². The van der Waals surface area contributed by atoms with Gasteiger partial charge in [0.2, 0.25) is 0 Å². The van der Waals surface area contributed by atoms with Gasteiger partial charge in [0.05, 0.1) is 37.6 Å². The fraction of sp³-hybridized carbons (Fsp3) is 0.241. The highest BCUT2D eigenvalue weighted by atomic mass is 16.5. The molecule has 4 rings (SSSR count). The number of aryl methyl sites for hydroxylation is 1. The number of rotatable bonds is 8. The van der Waals surface area contributed by atoms with Crippen molar-refractivity contribution in [3.8, 4) is 23.0 Å². The molecule has 2 N–H and O–H groups in total. The maximum absolute atomic E-state index is 13.5. The molecule has 37 heavy (non-hydrogen) atoms. The monoisotopic (exact) mass is 503 g/mol. The van der Waals surface area contributed by atoms with E-state index in [1.807, 2.05) is 20.8 Å². The van der Waals surface area contributed by atoms with Crippen LogP contribution in [0.15, 0.2) is 66.2 Å². The number of phenols is 1. The van der Waals surface area contributed by atoms with Gasteiger partial charge in [-0.3, -0.25) is 14.5 Å². The Balaban J connectivity index is 1.98. The number of carbonyl (C=O) groups excluding carboxylic acids is 2. The van der Waals surface area contributed by atoms with E-state index in [0.29, 0.717) is 41.6 Å². The van der Waals surface area contributed by atoms with Gasteiger partial charge < -0.3 is 24.4 Å². The number of ketones is 1. The van der Waals surface area contributed by atoms with Crippen LogP contribution in [0.1, 0.15) is 36.6 Å². The van der Waals surface area contributed by atoms with Crippen LogP contribution in [0.5, 0.6) is 23.0 Å². The molecular weight excluding hydrogens is 474 g/mol. The molecule has 1 amide bonds. The molecular formula is C29H29NO7. The molecule has 1 heterocycles. The summed E-state index contributed by atoms with van der Waals surface area (Å²) >= 11 is 0. The Kier molecular flexibility index (Phi) is 7.38. The number of carbonyl (C=O) groups is 2. The van der Waals surface area contributed by atoms with Crippen LogP contribution in [0, 0.1) is 6.92 Å². The molecule has 8 nitrogen and oxygen atoms in total. The van der Waals surface area contributed by atoms with Gasteiger partial charge in [-0.15, -0.1) is 0 Å². The van der Waals surface area contributed by atoms with Crippen molar-refractivity contribution in [1.82, 2.24) is 0 Å². The molecule has 1 aliphatic rings. The van der Waals surface area contributed by atoms with Crippen LogP contribution >= 0.6 is 0 Å². The summed E-state index contributed by atoms with van der Waals surface area (Å²) in [5.74, 6) is -0.870. The summed E-state index contributed by atoms with van der Waals surface area (Å²) < 4.78 is 16.7.